The molecule has 5 nitrogen and oxygen atoms in total. The maximum atomic E-state index is 6.24. The van der Waals surface area contributed by atoms with Crippen LogP contribution in [0.15, 0.2) is 60.9 Å². The number of nitrogens with one attached hydrogen (secondary N) is 1. The van der Waals surface area contributed by atoms with Gasteiger partial charge in [-0.3, -0.25) is 4.98 Å². The minimum absolute atomic E-state index is 0.0152. The quantitative estimate of drug-likeness (QED) is 0.590. The fourth-order valence-electron chi connectivity index (χ4n) is 3.81. The number of rotatable bonds is 6. The van der Waals surface area contributed by atoms with Gasteiger partial charge in [-0.25, -0.2) is 0 Å². The van der Waals surface area contributed by atoms with Crippen LogP contribution in [0.2, 0.25) is 5.02 Å². The normalized spacial score (nSPS) is 18.9. The second kappa shape index (κ2) is 8.53. The number of methoxy groups -OCH3 is 1. The first-order valence-corrected chi connectivity index (χ1v) is 10.3. The Hall–Kier alpha value is -2.41. The van der Waals surface area contributed by atoms with E-state index in [-0.39, 0.29) is 12.1 Å². The number of hydrogen-bond donors (Lipinski definition) is 1. The van der Waals surface area contributed by atoms with Crippen molar-refractivity contribution in [2.24, 2.45) is 0 Å². The number of halogens is 1. The molecule has 2 atom stereocenters. The molecule has 0 unspecified atom stereocenters. The minimum atomic E-state index is -0.0531. The average Bonchev–Trinajstić information content (AvgIpc) is 3.33. The van der Waals surface area contributed by atoms with Crippen LogP contribution in [0.3, 0.4) is 0 Å². The lowest BCUT2D eigenvalue weighted by Gasteiger charge is -2.28. The van der Waals surface area contributed by atoms with Crippen molar-refractivity contribution in [3.8, 4) is 5.69 Å². The number of nitrogens with zero attached hydrogens (tertiary/aromatic N) is 3. The van der Waals surface area contributed by atoms with Crippen LogP contribution in [0, 0.1) is 6.92 Å². The summed E-state index contributed by atoms with van der Waals surface area (Å²) in [5.41, 5.74) is 4.20. The summed E-state index contributed by atoms with van der Waals surface area (Å²) in [5.74, 6) is 0. The van der Waals surface area contributed by atoms with Crippen molar-refractivity contribution in [2.45, 2.75) is 19.0 Å². The molecule has 0 radical (unpaired) electrons. The molecule has 4 rings (SSSR count). The standard InChI is InChI=1S/C22H23ClN4OS/c1-15-14-16(8-9-17(15)23)26-11-5-7-19(26)21-20(18-6-3-4-10-24-18)25-22(29)27(21)12-13-28-2/h3-11,14,20-21H,12-13H2,1-2H3,(H,25,29)/t20-,21+/m0/s1. The topological polar surface area (TPSA) is 42.3 Å². The maximum absolute atomic E-state index is 6.24. The lowest BCUT2D eigenvalue weighted by molar-refractivity contribution is 0.163. The smallest absolute Gasteiger partial charge is 0.170 e. The van der Waals surface area contributed by atoms with Gasteiger partial charge in [0.25, 0.3) is 0 Å². The molecule has 29 heavy (non-hydrogen) atoms. The van der Waals surface area contributed by atoms with Gasteiger partial charge in [0.05, 0.1) is 24.4 Å². The van der Waals surface area contributed by atoms with Crippen LogP contribution in [-0.4, -0.2) is 39.8 Å². The van der Waals surface area contributed by atoms with E-state index in [9.17, 15) is 0 Å². The van der Waals surface area contributed by atoms with Gasteiger partial charge in [-0.1, -0.05) is 17.7 Å². The van der Waals surface area contributed by atoms with E-state index in [2.05, 4.69) is 44.2 Å². The predicted octanol–water partition coefficient (Wildman–Crippen LogP) is 4.45. The third kappa shape index (κ3) is 3.88. The van der Waals surface area contributed by atoms with Gasteiger partial charge in [0.15, 0.2) is 5.11 Å². The molecule has 1 saturated heterocycles. The fraction of sp³-hybridized carbons (Fsp3) is 0.273. The van der Waals surface area contributed by atoms with Crippen LogP contribution < -0.4 is 5.32 Å². The van der Waals surface area contributed by atoms with Crippen molar-refractivity contribution in [3.63, 3.8) is 0 Å². The number of ether oxygens (including phenoxy) is 1. The molecule has 1 aliphatic rings. The summed E-state index contributed by atoms with van der Waals surface area (Å²) < 4.78 is 7.53. The molecule has 7 heteroatoms. The molecular weight excluding hydrogens is 404 g/mol. The molecular formula is C22H23ClN4OS. The van der Waals surface area contributed by atoms with E-state index in [1.165, 1.54) is 0 Å². The van der Waals surface area contributed by atoms with Crippen LogP contribution in [0.25, 0.3) is 5.69 Å². The molecule has 0 amide bonds. The number of hydrogen-bond acceptors (Lipinski definition) is 3. The molecule has 3 aromatic rings. The first-order valence-electron chi connectivity index (χ1n) is 9.51. The molecule has 1 aliphatic heterocycles. The van der Waals surface area contributed by atoms with E-state index in [0.717, 1.165) is 27.7 Å². The van der Waals surface area contributed by atoms with E-state index in [1.54, 1.807) is 7.11 Å². The zero-order chi connectivity index (χ0) is 20.4. The van der Waals surface area contributed by atoms with E-state index in [0.29, 0.717) is 18.3 Å². The number of aromatic nitrogens is 2. The maximum Gasteiger partial charge on any atom is 0.170 e. The lowest BCUT2D eigenvalue weighted by atomic mass is 10.0. The summed E-state index contributed by atoms with van der Waals surface area (Å²) in [6.45, 7) is 3.30. The number of aryl methyl sites for hydroxylation is 1. The van der Waals surface area contributed by atoms with Crippen LogP contribution >= 0.6 is 23.8 Å². The number of pyridine rings is 1. The molecule has 1 aromatic carbocycles. The van der Waals surface area contributed by atoms with Crippen molar-refractivity contribution in [1.29, 1.82) is 0 Å². The second-order valence-corrected chi connectivity index (χ2v) is 7.84. The van der Waals surface area contributed by atoms with E-state index >= 15 is 0 Å². The van der Waals surface area contributed by atoms with Gasteiger partial charge >= 0.3 is 0 Å². The highest BCUT2D eigenvalue weighted by molar-refractivity contribution is 7.80. The third-order valence-electron chi connectivity index (χ3n) is 5.24. The molecule has 2 aromatic heterocycles. The largest absolute Gasteiger partial charge is 0.383 e. The average molecular weight is 427 g/mol. The van der Waals surface area contributed by atoms with Gasteiger partial charge in [-0.15, -0.1) is 0 Å². The monoisotopic (exact) mass is 426 g/mol. The van der Waals surface area contributed by atoms with Crippen molar-refractivity contribution in [3.05, 3.63) is 82.9 Å². The molecule has 0 saturated carbocycles. The SMILES string of the molecule is COCCN1C(=S)N[C@@H](c2ccccn2)[C@H]1c1cccn1-c1ccc(Cl)c(C)c1. The number of thiocarbonyl (C=S) groups is 1. The predicted molar refractivity (Wildman–Crippen MR) is 120 cm³/mol. The Morgan fingerprint density at radius 3 is 2.79 bits per heavy atom. The molecule has 0 aliphatic carbocycles. The summed E-state index contributed by atoms with van der Waals surface area (Å²) in [5, 5.41) is 4.95. The molecule has 1 N–H and O–H groups in total. The Morgan fingerprint density at radius 1 is 1.21 bits per heavy atom. The van der Waals surface area contributed by atoms with E-state index in [4.69, 9.17) is 28.6 Å². The Morgan fingerprint density at radius 2 is 2.07 bits per heavy atom. The summed E-state index contributed by atoms with van der Waals surface area (Å²) >= 11 is 11.9. The Kier molecular flexibility index (Phi) is 5.85. The van der Waals surface area contributed by atoms with Gasteiger partial charge in [0.1, 0.15) is 0 Å². The molecule has 0 spiro atoms. The zero-order valence-corrected chi connectivity index (χ0v) is 18.0. The first-order chi connectivity index (χ1) is 14.1. The van der Waals surface area contributed by atoms with Crippen molar-refractivity contribution >= 4 is 28.9 Å². The summed E-state index contributed by atoms with van der Waals surface area (Å²) in [7, 11) is 1.71. The van der Waals surface area contributed by atoms with Gasteiger partial charge < -0.3 is 19.5 Å². The second-order valence-electron chi connectivity index (χ2n) is 7.05. The fourth-order valence-corrected chi connectivity index (χ4v) is 4.26. The van der Waals surface area contributed by atoms with Gasteiger partial charge in [0, 0.05) is 42.5 Å². The zero-order valence-electron chi connectivity index (χ0n) is 16.4. The summed E-state index contributed by atoms with van der Waals surface area (Å²) in [6, 6.07) is 16.2. The molecule has 0 bridgehead atoms. The molecule has 1 fully saturated rings. The van der Waals surface area contributed by atoms with Crippen molar-refractivity contribution < 1.29 is 4.74 Å². The van der Waals surface area contributed by atoms with Crippen molar-refractivity contribution in [2.75, 3.05) is 20.3 Å². The minimum Gasteiger partial charge on any atom is -0.383 e. The summed E-state index contributed by atoms with van der Waals surface area (Å²) in [6.07, 6.45) is 3.89. The lowest BCUT2D eigenvalue weighted by Crippen LogP contribution is -2.33. The molecule has 3 heterocycles. The van der Waals surface area contributed by atoms with E-state index < -0.39 is 0 Å². The van der Waals surface area contributed by atoms with Crippen molar-refractivity contribution in [1.82, 2.24) is 19.8 Å². The van der Waals surface area contributed by atoms with E-state index in [1.807, 2.05) is 43.5 Å². The van der Waals surface area contributed by atoms with Gasteiger partial charge in [0.2, 0.25) is 0 Å². The van der Waals surface area contributed by atoms with Gasteiger partial charge in [-0.05, 0) is 67.2 Å². The highest BCUT2D eigenvalue weighted by atomic mass is 35.5. The Bertz CT molecular complexity index is 1010. The Labute approximate surface area is 181 Å². The number of benzene rings is 1. The van der Waals surface area contributed by atoms with Crippen LogP contribution in [-0.2, 0) is 4.74 Å². The van der Waals surface area contributed by atoms with Crippen LogP contribution in [0.4, 0.5) is 0 Å². The molecule has 150 valence electrons. The Balaban J connectivity index is 1.79. The van der Waals surface area contributed by atoms with Crippen LogP contribution in [0.5, 0.6) is 0 Å². The first kappa shape index (κ1) is 19.9. The third-order valence-corrected chi connectivity index (χ3v) is 6.01. The highest BCUT2D eigenvalue weighted by Gasteiger charge is 2.41. The van der Waals surface area contributed by atoms with Crippen LogP contribution in [0.1, 0.15) is 29.0 Å². The summed E-state index contributed by atoms with van der Waals surface area (Å²) in [4.78, 5) is 6.78. The van der Waals surface area contributed by atoms with Gasteiger partial charge in [-0.2, -0.15) is 0 Å². The highest BCUT2D eigenvalue weighted by Crippen LogP contribution is 2.39.